The van der Waals surface area contributed by atoms with E-state index in [-0.39, 0.29) is 18.1 Å². The lowest BCUT2D eigenvalue weighted by molar-refractivity contribution is -0.115. The number of aliphatic hydroxyl groups is 1. The molecule has 1 aliphatic rings. The van der Waals surface area contributed by atoms with E-state index in [0.29, 0.717) is 35.1 Å². The summed E-state index contributed by atoms with van der Waals surface area (Å²) in [5.74, 6) is 0.642. The summed E-state index contributed by atoms with van der Waals surface area (Å²) in [6, 6.07) is 13.1. The van der Waals surface area contributed by atoms with Crippen LogP contribution in [-0.2, 0) is 11.3 Å². The van der Waals surface area contributed by atoms with Gasteiger partial charge in [0.1, 0.15) is 11.6 Å². The topological polar surface area (TPSA) is 70.4 Å². The van der Waals surface area contributed by atoms with Gasteiger partial charge in [-0.1, -0.05) is 11.6 Å². The highest BCUT2D eigenvalue weighted by molar-refractivity contribution is 6.31. The summed E-state index contributed by atoms with van der Waals surface area (Å²) in [5, 5.41) is 13.9. The summed E-state index contributed by atoms with van der Waals surface area (Å²) in [7, 11) is 3.93. The van der Waals surface area contributed by atoms with Crippen LogP contribution in [0, 0.1) is 0 Å². The first kappa shape index (κ1) is 18.4. The lowest BCUT2D eigenvalue weighted by Crippen LogP contribution is -2.18. The molecule has 0 saturated heterocycles. The Morgan fingerprint density at radius 3 is 2.71 bits per heavy atom. The van der Waals surface area contributed by atoms with E-state index >= 15 is 0 Å². The summed E-state index contributed by atoms with van der Waals surface area (Å²) >= 11 is 6.07. The van der Waals surface area contributed by atoms with Crippen LogP contribution < -0.4 is 10.2 Å². The number of rotatable bonds is 4. The second-order valence-electron chi connectivity index (χ2n) is 7.06. The van der Waals surface area contributed by atoms with Crippen molar-refractivity contribution in [1.82, 2.24) is 9.55 Å². The minimum Gasteiger partial charge on any atom is -0.512 e. The minimum absolute atomic E-state index is 0.0539. The number of aromatic nitrogens is 2. The maximum atomic E-state index is 12.6. The first-order valence-electron chi connectivity index (χ1n) is 9.07. The molecule has 0 spiro atoms. The molecule has 4 rings (SSSR count). The van der Waals surface area contributed by atoms with Gasteiger partial charge in [0.05, 0.1) is 17.5 Å². The molecule has 2 N–H and O–H groups in total. The van der Waals surface area contributed by atoms with Crippen molar-refractivity contribution in [2.75, 3.05) is 24.3 Å². The smallest absolute Gasteiger partial charge is 0.229 e. The molecule has 0 atom stereocenters. The number of hydrogen-bond donors (Lipinski definition) is 2. The average Bonchev–Trinajstić information content (AvgIpc) is 3.02. The Balaban J connectivity index is 1.57. The number of benzene rings is 2. The van der Waals surface area contributed by atoms with Gasteiger partial charge in [-0.25, -0.2) is 4.98 Å². The van der Waals surface area contributed by atoms with E-state index < -0.39 is 0 Å². The monoisotopic (exact) mass is 396 g/mol. The molecule has 0 radical (unpaired) electrons. The van der Waals surface area contributed by atoms with Crippen molar-refractivity contribution >= 4 is 45.5 Å². The second-order valence-corrected chi connectivity index (χ2v) is 7.50. The number of aliphatic hydroxyl groups excluding tert-OH is 1. The Morgan fingerprint density at radius 1 is 1.25 bits per heavy atom. The summed E-state index contributed by atoms with van der Waals surface area (Å²) < 4.78 is 2.03. The Kier molecular flexibility index (Phi) is 4.73. The number of carbonyl (C=O) groups is 1. The van der Waals surface area contributed by atoms with Crippen LogP contribution in [-0.4, -0.2) is 34.7 Å². The number of carbonyl (C=O) groups excluding carboxylic acids is 1. The summed E-state index contributed by atoms with van der Waals surface area (Å²) in [6.45, 7) is 0.621. The predicted molar refractivity (Wildman–Crippen MR) is 113 cm³/mol. The fourth-order valence-electron chi connectivity index (χ4n) is 3.45. The molecule has 0 fully saturated rings. The number of allylic oxidation sites excluding steroid dienone is 1. The number of aryl methyl sites for hydroxylation is 1. The van der Waals surface area contributed by atoms with Gasteiger partial charge in [-0.05, 0) is 42.5 Å². The van der Waals surface area contributed by atoms with E-state index in [4.69, 9.17) is 11.6 Å². The van der Waals surface area contributed by atoms with Crippen molar-refractivity contribution in [3.8, 4) is 0 Å². The first-order chi connectivity index (χ1) is 13.4. The Labute approximate surface area is 168 Å². The van der Waals surface area contributed by atoms with Crippen molar-refractivity contribution < 1.29 is 9.90 Å². The quantitative estimate of drug-likeness (QED) is 0.683. The van der Waals surface area contributed by atoms with Crippen LogP contribution in [0.15, 0.2) is 48.2 Å². The highest BCUT2D eigenvalue weighted by atomic mass is 35.5. The molecule has 7 heteroatoms. The lowest BCUT2D eigenvalue weighted by Gasteiger charge is -2.19. The molecule has 0 bridgehead atoms. The molecule has 28 heavy (non-hydrogen) atoms. The molecule has 0 saturated carbocycles. The third-order valence-corrected chi connectivity index (χ3v) is 5.14. The Bertz CT molecular complexity index is 1080. The number of amides is 1. The molecule has 2 heterocycles. The van der Waals surface area contributed by atoms with Crippen LogP contribution in [0.4, 0.5) is 11.4 Å². The third-order valence-electron chi connectivity index (χ3n) is 4.91. The summed E-state index contributed by atoms with van der Waals surface area (Å²) in [4.78, 5) is 19.2. The molecule has 1 aromatic heterocycles. The minimum atomic E-state index is -0.197. The summed E-state index contributed by atoms with van der Waals surface area (Å²) in [6.07, 6.45) is 0.527. The Morgan fingerprint density at radius 2 is 2.00 bits per heavy atom. The molecule has 6 nitrogen and oxygen atoms in total. The van der Waals surface area contributed by atoms with Crippen LogP contribution in [0.2, 0.25) is 5.02 Å². The van der Waals surface area contributed by atoms with E-state index in [1.807, 2.05) is 60.0 Å². The van der Waals surface area contributed by atoms with Gasteiger partial charge in [0.2, 0.25) is 5.91 Å². The van der Waals surface area contributed by atoms with Crippen LogP contribution in [0.3, 0.4) is 0 Å². The van der Waals surface area contributed by atoms with Crippen molar-refractivity contribution in [1.29, 1.82) is 0 Å². The predicted octanol–water partition coefficient (Wildman–Crippen LogP) is 4.46. The zero-order valence-corrected chi connectivity index (χ0v) is 16.5. The third kappa shape index (κ3) is 3.43. The van der Waals surface area contributed by atoms with Gasteiger partial charge in [-0.2, -0.15) is 0 Å². The van der Waals surface area contributed by atoms with Crippen molar-refractivity contribution in [3.63, 3.8) is 0 Å². The molecular weight excluding hydrogens is 376 g/mol. The van der Waals surface area contributed by atoms with E-state index in [9.17, 15) is 9.90 Å². The van der Waals surface area contributed by atoms with Gasteiger partial charge in [0.25, 0.3) is 0 Å². The van der Waals surface area contributed by atoms with Gasteiger partial charge in [0, 0.05) is 49.0 Å². The maximum Gasteiger partial charge on any atom is 0.229 e. The highest BCUT2D eigenvalue weighted by Crippen LogP contribution is 2.32. The van der Waals surface area contributed by atoms with Crippen molar-refractivity contribution in [2.45, 2.75) is 19.4 Å². The molecule has 2 aromatic carbocycles. The van der Waals surface area contributed by atoms with Crippen LogP contribution in [0.1, 0.15) is 18.7 Å². The van der Waals surface area contributed by atoms with Gasteiger partial charge in [-0.3, -0.25) is 4.79 Å². The van der Waals surface area contributed by atoms with Gasteiger partial charge in [0.15, 0.2) is 0 Å². The molecular formula is C21H21ClN4O2. The SMILES string of the molecule is CN(C)c1ccc(NC(=O)CC2=C(O)CCn3c2nc2cc(Cl)ccc23)cc1. The fraction of sp³-hybridized carbons (Fsp3) is 0.238. The van der Waals surface area contributed by atoms with Crippen molar-refractivity contribution in [3.05, 3.63) is 59.1 Å². The normalized spacial score (nSPS) is 13.5. The highest BCUT2D eigenvalue weighted by Gasteiger charge is 2.24. The number of halogens is 1. The summed E-state index contributed by atoms with van der Waals surface area (Å²) in [5.41, 5.74) is 4.03. The maximum absolute atomic E-state index is 12.6. The van der Waals surface area contributed by atoms with Crippen LogP contribution in [0.25, 0.3) is 16.6 Å². The number of imidazole rings is 1. The number of anilines is 2. The fourth-order valence-corrected chi connectivity index (χ4v) is 3.61. The molecule has 0 aliphatic carbocycles. The van der Waals surface area contributed by atoms with Crippen LogP contribution in [0.5, 0.6) is 0 Å². The average molecular weight is 397 g/mol. The van der Waals surface area contributed by atoms with E-state index in [1.165, 1.54) is 0 Å². The molecule has 0 unspecified atom stereocenters. The largest absolute Gasteiger partial charge is 0.512 e. The number of nitrogens with zero attached hydrogens (tertiary/aromatic N) is 3. The van der Waals surface area contributed by atoms with Gasteiger partial charge >= 0.3 is 0 Å². The van der Waals surface area contributed by atoms with Crippen molar-refractivity contribution in [2.24, 2.45) is 0 Å². The zero-order valence-electron chi connectivity index (χ0n) is 15.7. The molecule has 144 valence electrons. The molecule has 1 amide bonds. The molecule has 3 aromatic rings. The Hall–Kier alpha value is -2.99. The van der Waals surface area contributed by atoms with E-state index in [1.54, 1.807) is 6.07 Å². The van der Waals surface area contributed by atoms with Crippen LogP contribution >= 0.6 is 11.6 Å². The van der Waals surface area contributed by atoms with E-state index in [2.05, 4.69) is 10.3 Å². The number of fused-ring (bicyclic) bond motifs is 3. The number of nitrogens with one attached hydrogen (secondary N) is 1. The second kappa shape index (κ2) is 7.20. The van der Waals surface area contributed by atoms with E-state index in [0.717, 1.165) is 16.7 Å². The molecule has 1 aliphatic heterocycles. The first-order valence-corrected chi connectivity index (χ1v) is 9.44. The van der Waals surface area contributed by atoms with Gasteiger partial charge < -0.3 is 19.9 Å². The standard InChI is InChI=1S/C21H21ClN4O2/c1-25(2)15-6-4-14(5-7-15)23-20(28)12-16-19(27)9-10-26-18-8-3-13(22)11-17(18)24-21(16)26/h3-8,11,27H,9-10,12H2,1-2H3,(H,23,28). The number of hydrogen-bond acceptors (Lipinski definition) is 4. The van der Waals surface area contributed by atoms with Gasteiger partial charge in [-0.15, -0.1) is 0 Å². The zero-order chi connectivity index (χ0) is 19.8. The lowest BCUT2D eigenvalue weighted by atomic mass is 10.0.